The van der Waals surface area contributed by atoms with Crippen LogP contribution in [0, 0.1) is 13.8 Å². The monoisotopic (exact) mass is 289 g/mol. The number of nitrogens with two attached hydrogens (primary N) is 1. The van der Waals surface area contributed by atoms with Gasteiger partial charge in [-0.05, 0) is 25.5 Å². The van der Waals surface area contributed by atoms with Crippen LogP contribution in [0.3, 0.4) is 0 Å². The average Bonchev–Trinajstić information content (AvgIpc) is 2.92. The third-order valence-electron chi connectivity index (χ3n) is 3.18. The highest BCUT2D eigenvalue weighted by Gasteiger charge is 2.14. The maximum Gasteiger partial charge on any atom is 0.277 e. The predicted octanol–water partition coefficient (Wildman–Crippen LogP) is 1.11. The summed E-state index contributed by atoms with van der Waals surface area (Å²) in [7, 11) is 1.61. The van der Waals surface area contributed by atoms with Crippen LogP contribution in [0.2, 0.25) is 0 Å². The Balaban J connectivity index is 2.19. The zero-order chi connectivity index (χ0) is 15.4. The van der Waals surface area contributed by atoms with E-state index in [9.17, 15) is 4.79 Å². The Labute approximate surface area is 123 Å². The Morgan fingerprint density at radius 2 is 2.19 bits per heavy atom. The Hall–Kier alpha value is -2.41. The van der Waals surface area contributed by atoms with Gasteiger partial charge in [-0.15, -0.1) is 5.10 Å². The first-order chi connectivity index (χ1) is 10.1. The topological polar surface area (TPSA) is 95.1 Å². The molecule has 0 unspecified atom stereocenters. The number of anilines is 1. The smallest absolute Gasteiger partial charge is 0.277 e. The summed E-state index contributed by atoms with van der Waals surface area (Å²) in [6.45, 7) is 4.82. The van der Waals surface area contributed by atoms with Gasteiger partial charge in [0.15, 0.2) is 5.69 Å². The summed E-state index contributed by atoms with van der Waals surface area (Å²) in [5.74, 6) is 0.451. The van der Waals surface area contributed by atoms with Crippen LogP contribution in [0.25, 0.3) is 0 Å². The number of rotatable bonds is 5. The van der Waals surface area contributed by atoms with E-state index >= 15 is 0 Å². The Bertz CT molecular complexity index is 651. The van der Waals surface area contributed by atoms with Crippen molar-refractivity contribution in [1.82, 2.24) is 15.0 Å². The van der Waals surface area contributed by atoms with Gasteiger partial charge in [0, 0.05) is 17.8 Å². The number of aromatic nitrogens is 3. The standard InChI is InChI=1S/C14H19N5O2/c1-9-4-5-11(10(2)13(9)21-3)16-14(20)12-8-19(7-6-15)18-17-12/h4-5,8H,6-7,15H2,1-3H3,(H,16,20). The molecule has 2 aromatic rings. The second-order valence-electron chi connectivity index (χ2n) is 4.70. The van der Waals surface area contributed by atoms with Gasteiger partial charge in [-0.3, -0.25) is 9.48 Å². The van der Waals surface area contributed by atoms with Gasteiger partial charge in [-0.1, -0.05) is 11.3 Å². The van der Waals surface area contributed by atoms with E-state index in [0.29, 0.717) is 18.8 Å². The summed E-state index contributed by atoms with van der Waals surface area (Å²) < 4.78 is 6.88. The number of nitrogens with zero attached hydrogens (tertiary/aromatic N) is 3. The molecular formula is C14H19N5O2. The lowest BCUT2D eigenvalue weighted by atomic mass is 10.1. The molecule has 3 N–H and O–H groups in total. The van der Waals surface area contributed by atoms with Gasteiger partial charge in [-0.25, -0.2) is 0 Å². The molecule has 7 heteroatoms. The molecular weight excluding hydrogens is 270 g/mol. The molecule has 0 saturated carbocycles. The van der Waals surface area contributed by atoms with Crippen molar-refractivity contribution in [3.8, 4) is 5.75 Å². The Kier molecular flexibility index (Phi) is 4.54. The molecule has 1 heterocycles. The van der Waals surface area contributed by atoms with Crippen molar-refractivity contribution < 1.29 is 9.53 Å². The lowest BCUT2D eigenvalue weighted by Crippen LogP contribution is -2.14. The van der Waals surface area contributed by atoms with Crippen LogP contribution in [-0.2, 0) is 6.54 Å². The summed E-state index contributed by atoms with van der Waals surface area (Å²) in [6, 6.07) is 3.74. The number of aryl methyl sites for hydroxylation is 1. The summed E-state index contributed by atoms with van der Waals surface area (Å²) in [4.78, 5) is 12.2. The highest BCUT2D eigenvalue weighted by molar-refractivity contribution is 6.03. The van der Waals surface area contributed by atoms with Gasteiger partial charge in [0.05, 0.1) is 19.9 Å². The molecule has 0 aliphatic rings. The number of ether oxygens (including phenoxy) is 1. The van der Waals surface area contributed by atoms with Gasteiger partial charge in [0.25, 0.3) is 5.91 Å². The first kappa shape index (κ1) is 15.0. The molecule has 1 amide bonds. The molecule has 0 aliphatic heterocycles. The fraction of sp³-hybridized carbons (Fsp3) is 0.357. The summed E-state index contributed by atoms with van der Waals surface area (Å²) in [5.41, 5.74) is 8.27. The van der Waals surface area contributed by atoms with Crippen LogP contribution >= 0.6 is 0 Å². The maximum absolute atomic E-state index is 12.2. The van der Waals surface area contributed by atoms with Gasteiger partial charge in [0.1, 0.15) is 5.75 Å². The van der Waals surface area contributed by atoms with Gasteiger partial charge < -0.3 is 15.8 Å². The van der Waals surface area contributed by atoms with Crippen molar-refractivity contribution in [1.29, 1.82) is 0 Å². The van der Waals surface area contributed by atoms with E-state index in [0.717, 1.165) is 16.9 Å². The number of hydrogen-bond acceptors (Lipinski definition) is 5. The SMILES string of the molecule is COc1c(C)ccc(NC(=O)c2cn(CCN)nn2)c1C. The van der Waals surface area contributed by atoms with Crippen molar-refractivity contribution in [3.63, 3.8) is 0 Å². The molecule has 0 radical (unpaired) electrons. The van der Waals surface area contributed by atoms with E-state index in [2.05, 4.69) is 15.6 Å². The van der Waals surface area contributed by atoms with Crippen LogP contribution in [0.15, 0.2) is 18.3 Å². The van der Waals surface area contributed by atoms with Crippen molar-refractivity contribution in [2.75, 3.05) is 19.0 Å². The molecule has 0 atom stereocenters. The third kappa shape index (κ3) is 3.19. The molecule has 1 aromatic carbocycles. The summed E-state index contributed by atoms with van der Waals surface area (Å²) in [5, 5.41) is 10.5. The minimum absolute atomic E-state index is 0.252. The number of benzene rings is 1. The van der Waals surface area contributed by atoms with Crippen LogP contribution < -0.4 is 15.8 Å². The highest BCUT2D eigenvalue weighted by Crippen LogP contribution is 2.29. The number of carbonyl (C=O) groups excluding carboxylic acids is 1. The number of nitrogens with one attached hydrogen (secondary N) is 1. The summed E-state index contributed by atoms with van der Waals surface area (Å²) >= 11 is 0. The molecule has 0 saturated heterocycles. The molecule has 21 heavy (non-hydrogen) atoms. The normalized spacial score (nSPS) is 10.5. The van der Waals surface area contributed by atoms with E-state index in [1.54, 1.807) is 13.3 Å². The molecule has 7 nitrogen and oxygen atoms in total. The van der Waals surface area contributed by atoms with Crippen molar-refractivity contribution in [3.05, 3.63) is 35.2 Å². The van der Waals surface area contributed by atoms with Crippen molar-refractivity contribution >= 4 is 11.6 Å². The maximum atomic E-state index is 12.2. The summed E-state index contributed by atoms with van der Waals surface area (Å²) in [6.07, 6.45) is 1.57. The quantitative estimate of drug-likeness (QED) is 0.860. The molecule has 112 valence electrons. The van der Waals surface area contributed by atoms with E-state index in [1.165, 1.54) is 4.68 Å². The van der Waals surface area contributed by atoms with E-state index in [1.807, 2.05) is 26.0 Å². The molecule has 0 bridgehead atoms. The van der Waals surface area contributed by atoms with Gasteiger partial charge in [0.2, 0.25) is 0 Å². The second-order valence-corrected chi connectivity index (χ2v) is 4.70. The molecule has 0 fully saturated rings. The Morgan fingerprint density at radius 3 is 2.86 bits per heavy atom. The first-order valence-corrected chi connectivity index (χ1v) is 6.62. The van der Waals surface area contributed by atoms with Gasteiger partial charge in [-0.2, -0.15) is 0 Å². The highest BCUT2D eigenvalue weighted by atomic mass is 16.5. The van der Waals surface area contributed by atoms with E-state index in [4.69, 9.17) is 10.5 Å². The first-order valence-electron chi connectivity index (χ1n) is 6.62. The number of methoxy groups -OCH3 is 1. The molecule has 0 aliphatic carbocycles. The van der Waals surface area contributed by atoms with E-state index in [-0.39, 0.29) is 11.6 Å². The van der Waals surface area contributed by atoms with Crippen LogP contribution in [0.4, 0.5) is 5.69 Å². The van der Waals surface area contributed by atoms with Crippen LogP contribution in [0.5, 0.6) is 5.75 Å². The molecule has 0 spiro atoms. The number of amides is 1. The van der Waals surface area contributed by atoms with Crippen LogP contribution in [-0.4, -0.2) is 34.6 Å². The largest absolute Gasteiger partial charge is 0.496 e. The minimum Gasteiger partial charge on any atom is -0.496 e. The lowest BCUT2D eigenvalue weighted by molar-refractivity contribution is 0.102. The minimum atomic E-state index is -0.313. The molecule has 1 aromatic heterocycles. The Morgan fingerprint density at radius 1 is 1.43 bits per heavy atom. The molecule has 2 rings (SSSR count). The number of hydrogen-bond donors (Lipinski definition) is 2. The second kappa shape index (κ2) is 6.36. The van der Waals surface area contributed by atoms with Crippen molar-refractivity contribution in [2.24, 2.45) is 5.73 Å². The fourth-order valence-electron chi connectivity index (χ4n) is 2.11. The van der Waals surface area contributed by atoms with E-state index < -0.39 is 0 Å². The van der Waals surface area contributed by atoms with Gasteiger partial charge >= 0.3 is 0 Å². The lowest BCUT2D eigenvalue weighted by Gasteiger charge is -2.13. The third-order valence-corrected chi connectivity index (χ3v) is 3.18. The fourth-order valence-corrected chi connectivity index (χ4v) is 2.11. The average molecular weight is 289 g/mol. The predicted molar refractivity (Wildman–Crippen MR) is 79.5 cm³/mol. The zero-order valence-electron chi connectivity index (χ0n) is 12.4. The van der Waals surface area contributed by atoms with Crippen LogP contribution in [0.1, 0.15) is 21.6 Å². The van der Waals surface area contributed by atoms with Crippen molar-refractivity contribution in [2.45, 2.75) is 20.4 Å². The number of carbonyl (C=O) groups is 1. The zero-order valence-corrected chi connectivity index (χ0v) is 12.4.